The van der Waals surface area contributed by atoms with Crippen molar-refractivity contribution < 1.29 is 4.39 Å². The van der Waals surface area contributed by atoms with E-state index in [9.17, 15) is 4.39 Å². The third-order valence-corrected chi connectivity index (χ3v) is 3.27. The molecule has 1 aliphatic rings. The first-order chi connectivity index (χ1) is 7.31. The van der Waals surface area contributed by atoms with Crippen LogP contribution in [0.15, 0.2) is 18.3 Å². The van der Waals surface area contributed by atoms with Gasteiger partial charge in [-0.2, -0.15) is 4.39 Å². The number of rotatable bonds is 2. The number of halogens is 1. The van der Waals surface area contributed by atoms with Crippen molar-refractivity contribution in [2.45, 2.75) is 26.2 Å². The highest BCUT2D eigenvalue weighted by atomic mass is 19.1. The normalized spacial score (nSPS) is 18.1. The number of nitrogens with zero attached hydrogens (tertiary/aromatic N) is 2. The fourth-order valence-electron chi connectivity index (χ4n) is 2.20. The summed E-state index contributed by atoms with van der Waals surface area (Å²) >= 11 is 0. The molecule has 0 amide bonds. The Bertz CT molecular complexity index is 319. The van der Waals surface area contributed by atoms with Crippen molar-refractivity contribution in [1.82, 2.24) is 4.98 Å². The lowest BCUT2D eigenvalue weighted by Crippen LogP contribution is -2.34. The van der Waals surface area contributed by atoms with Gasteiger partial charge in [-0.15, -0.1) is 0 Å². The molecule has 1 saturated heterocycles. The summed E-state index contributed by atoms with van der Waals surface area (Å²) in [5, 5.41) is 0. The summed E-state index contributed by atoms with van der Waals surface area (Å²) in [4.78, 5) is 5.79. The van der Waals surface area contributed by atoms with E-state index < -0.39 is 0 Å². The minimum atomic E-state index is -0.340. The lowest BCUT2D eigenvalue weighted by Gasteiger charge is -2.33. The Morgan fingerprint density at radius 2 is 2.20 bits per heavy atom. The second kappa shape index (κ2) is 4.60. The second-order valence-electron chi connectivity index (χ2n) is 4.15. The van der Waals surface area contributed by atoms with E-state index in [1.807, 2.05) is 6.07 Å². The van der Waals surface area contributed by atoms with Crippen molar-refractivity contribution in [3.63, 3.8) is 0 Å². The number of anilines is 1. The molecule has 1 aromatic heterocycles. The predicted molar refractivity (Wildman–Crippen MR) is 59.4 cm³/mol. The van der Waals surface area contributed by atoms with Crippen LogP contribution in [0.4, 0.5) is 10.1 Å². The minimum Gasteiger partial charge on any atom is -0.368 e. The largest absolute Gasteiger partial charge is 0.368 e. The van der Waals surface area contributed by atoms with Gasteiger partial charge in [0.25, 0.3) is 0 Å². The molecule has 0 aliphatic carbocycles. The average molecular weight is 208 g/mol. The molecule has 0 aromatic carbocycles. The smallest absolute Gasteiger partial charge is 0.236 e. The van der Waals surface area contributed by atoms with Crippen LogP contribution in [0.5, 0.6) is 0 Å². The van der Waals surface area contributed by atoms with E-state index in [2.05, 4.69) is 16.8 Å². The molecule has 0 N–H and O–H groups in total. The topological polar surface area (TPSA) is 16.1 Å². The van der Waals surface area contributed by atoms with Crippen LogP contribution in [0, 0.1) is 11.9 Å². The maximum atomic E-state index is 13.4. The summed E-state index contributed by atoms with van der Waals surface area (Å²) in [7, 11) is 0. The molecular formula is C12H17FN2. The van der Waals surface area contributed by atoms with Crippen LogP contribution in [0.1, 0.15) is 26.2 Å². The highest BCUT2D eigenvalue weighted by molar-refractivity contribution is 5.45. The van der Waals surface area contributed by atoms with Gasteiger partial charge in [-0.1, -0.05) is 13.3 Å². The van der Waals surface area contributed by atoms with E-state index in [-0.39, 0.29) is 5.95 Å². The van der Waals surface area contributed by atoms with Gasteiger partial charge in [0.15, 0.2) is 0 Å². The highest BCUT2D eigenvalue weighted by Gasteiger charge is 2.20. The van der Waals surface area contributed by atoms with Crippen molar-refractivity contribution in [3.05, 3.63) is 24.3 Å². The zero-order valence-electron chi connectivity index (χ0n) is 9.12. The Balaban J connectivity index is 2.04. The molecule has 3 heteroatoms. The summed E-state index contributed by atoms with van der Waals surface area (Å²) < 4.78 is 13.4. The summed E-state index contributed by atoms with van der Waals surface area (Å²) in [6.45, 7) is 4.15. The van der Waals surface area contributed by atoms with Gasteiger partial charge in [0.1, 0.15) is 0 Å². The van der Waals surface area contributed by atoms with Gasteiger partial charge in [-0.25, -0.2) is 4.98 Å². The fourth-order valence-corrected chi connectivity index (χ4v) is 2.20. The number of hydrogen-bond acceptors (Lipinski definition) is 2. The molecule has 2 heterocycles. The maximum Gasteiger partial charge on any atom is 0.236 e. The predicted octanol–water partition coefficient (Wildman–Crippen LogP) is 2.85. The van der Waals surface area contributed by atoms with E-state index in [0.29, 0.717) is 5.69 Å². The quantitative estimate of drug-likeness (QED) is 0.695. The summed E-state index contributed by atoms with van der Waals surface area (Å²) in [6, 6.07) is 3.61. The SMILES string of the molecule is CCC1CCN(c2cccnc2F)CC1. The van der Waals surface area contributed by atoms with Crippen molar-refractivity contribution in [1.29, 1.82) is 0 Å². The van der Waals surface area contributed by atoms with Crippen molar-refractivity contribution in [3.8, 4) is 0 Å². The number of piperidine rings is 1. The number of aromatic nitrogens is 1. The average Bonchev–Trinajstić information content (AvgIpc) is 2.30. The van der Waals surface area contributed by atoms with E-state index in [1.165, 1.54) is 25.5 Å². The van der Waals surface area contributed by atoms with E-state index in [0.717, 1.165) is 19.0 Å². The lowest BCUT2D eigenvalue weighted by atomic mass is 9.94. The Hall–Kier alpha value is -1.12. The Morgan fingerprint density at radius 3 is 2.80 bits per heavy atom. The molecule has 0 saturated carbocycles. The van der Waals surface area contributed by atoms with Crippen LogP contribution in [-0.2, 0) is 0 Å². The monoisotopic (exact) mass is 208 g/mol. The molecule has 1 fully saturated rings. The van der Waals surface area contributed by atoms with E-state index in [1.54, 1.807) is 6.07 Å². The standard InChI is InChI=1S/C12H17FN2/c1-2-10-5-8-15(9-6-10)11-4-3-7-14-12(11)13/h3-4,7,10H,2,5-6,8-9H2,1H3. The van der Waals surface area contributed by atoms with Gasteiger partial charge in [-0.3, -0.25) is 0 Å². The molecule has 15 heavy (non-hydrogen) atoms. The van der Waals surface area contributed by atoms with Gasteiger partial charge in [0, 0.05) is 19.3 Å². The third kappa shape index (κ3) is 2.28. The van der Waals surface area contributed by atoms with Gasteiger partial charge in [0.05, 0.1) is 5.69 Å². The molecule has 0 bridgehead atoms. The van der Waals surface area contributed by atoms with Crippen molar-refractivity contribution in [2.75, 3.05) is 18.0 Å². The van der Waals surface area contributed by atoms with Crippen LogP contribution in [0.3, 0.4) is 0 Å². The molecule has 2 rings (SSSR count). The second-order valence-corrected chi connectivity index (χ2v) is 4.15. The molecule has 0 spiro atoms. The molecule has 82 valence electrons. The number of pyridine rings is 1. The van der Waals surface area contributed by atoms with Gasteiger partial charge >= 0.3 is 0 Å². The molecule has 1 aliphatic heterocycles. The maximum absolute atomic E-state index is 13.4. The number of hydrogen-bond donors (Lipinski definition) is 0. The van der Waals surface area contributed by atoms with Gasteiger partial charge in [0.2, 0.25) is 5.95 Å². The fraction of sp³-hybridized carbons (Fsp3) is 0.583. The molecule has 0 unspecified atom stereocenters. The Labute approximate surface area is 90.1 Å². The minimum absolute atomic E-state index is 0.340. The Morgan fingerprint density at radius 1 is 1.47 bits per heavy atom. The van der Waals surface area contributed by atoms with Crippen LogP contribution in [0.25, 0.3) is 0 Å². The zero-order valence-corrected chi connectivity index (χ0v) is 9.12. The van der Waals surface area contributed by atoms with Crippen LogP contribution >= 0.6 is 0 Å². The lowest BCUT2D eigenvalue weighted by molar-refractivity contribution is 0.392. The van der Waals surface area contributed by atoms with Crippen LogP contribution in [0.2, 0.25) is 0 Å². The molecule has 0 radical (unpaired) electrons. The molecular weight excluding hydrogens is 191 g/mol. The van der Waals surface area contributed by atoms with Crippen LogP contribution in [-0.4, -0.2) is 18.1 Å². The highest BCUT2D eigenvalue weighted by Crippen LogP contribution is 2.25. The van der Waals surface area contributed by atoms with E-state index >= 15 is 0 Å². The van der Waals surface area contributed by atoms with Gasteiger partial charge < -0.3 is 4.90 Å². The molecule has 1 aromatic rings. The van der Waals surface area contributed by atoms with Crippen LogP contribution < -0.4 is 4.90 Å². The Kier molecular flexibility index (Phi) is 3.19. The summed E-state index contributed by atoms with van der Waals surface area (Å²) in [6.07, 6.45) is 5.08. The summed E-state index contributed by atoms with van der Waals surface area (Å²) in [5.74, 6) is 0.480. The third-order valence-electron chi connectivity index (χ3n) is 3.27. The van der Waals surface area contributed by atoms with Crippen molar-refractivity contribution >= 4 is 5.69 Å². The zero-order chi connectivity index (χ0) is 10.7. The first-order valence-corrected chi connectivity index (χ1v) is 5.66. The van der Waals surface area contributed by atoms with E-state index in [4.69, 9.17) is 0 Å². The first-order valence-electron chi connectivity index (χ1n) is 5.66. The molecule has 2 nitrogen and oxygen atoms in total. The summed E-state index contributed by atoms with van der Waals surface area (Å²) in [5.41, 5.74) is 0.659. The van der Waals surface area contributed by atoms with Gasteiger partial charge in [-0.05, 0) is 30.9 Å². The first kappa shape index (κ1) is 10.4. The molecule has 0 atom stereocenters. The van der Waals surface area contributed by atoms with Crippen molar-refractivity contribution in [2.24, 2.45) is 5.92 Å².